The Bertz CT molecular complexity index is 331. The summed E-state index contributed by atoms with van der Waals surface area (Å²) in [4.78, 5) is 35.1. The Morgan fingerprint density at radius 1 is 1.32 bits per heavy atom. The zero-order valence-corrected chi connectivity index (χ0v) is 11.7. The van der Waals surface area contributed by atoms with Gasteiger partial charge in [-0.1, -0.05) is 19.8 Å². The maximum absolute atomic E-state index is 11.9. The molecule has 0 rings (SSSR count). The van der Waals surface area contributed by atoms with Crippen LogP contribution in [0, 0.1) is 0 Å². The lowest BCUT2D eigenvalue weighted by Crippen LogP contribution is -2.52. The maximum atomic E-state index is 11.9. The molecule has 0 heterocycles. The fraction of sp³-hybridized carbons (Fsp3) is 0.750. The summed E-state index contributed by atoms with van der Waals surface area (Å²) in [6.07, 6.45) is 1.91. The summed E-state index contributed by atoms with van der Waals surface area (Å²) in [5, 5.41) is 11.4. The average Bonchev–Trinajstić information content (AvgIpc) is 2.30. The average molecular weight is 273 g/mol. The van der Waals surface area contributed by atoms with Gasteiger partial charge in [0.25, 0.3) is 0 Å². The van der Waals surface area contributed by atoms with E-state index in [9.17, 15) is 14.4 Å². The van der Waals surface area contributed by atoms with Gasteiger partial charge >= 0.3 is 12.0 Å². The number of nitrogens with zero attached hydrogens (tertiary/aromatic N) is 1. The number of unbranched alkanes of at least 4 members (excludes halogenated alkanes) is 1. The monoisotopic (exact) mass is 273 g/mol. The highest BCUT2D eigenvalue weighted by atomic mass is 16.4. The number of amides is 3. The Hall–Kier alpha value is -1.79. The normalized spacial score (nSPS) is 12.0. The number of hydrogen-bond acceptors (Lipinski definition) is 3. The van der Waals surface area contributed by atoms with E-state index >= 15 is 0 Å². The molecule has 0 aromatic heterocycles. The number of nitrogens with two attached hydrogens (primary N) is 1. The molecule has 0 aromatic rings. The van der Waals surface area contributed by atoms with Gasteiger partial charge in [0.15, 0.2) is 0 Å². The third kappa shape index (κ3) is 6.64. The van der Waals surface area contributed by atoms with Crippen molar-refractivity contribution in [2.75, 3.05) is 6.54 Å². The van der Waals surface area contributed by atoms with Crippen LogP contribution in [0.2, 0.25) is 0 Å². The van der Waals surface area contributed by atoms with Gasteiger partial charge in [-0.15, -0.1) is 0 Å². The summed E-state index contributed by atoms with van der Waals surface area (Å²) in [5.41, 5.74) is 5.06. The summed E-state index contributed by atoms with van der Waals surface area (Å²) in [6.45, 7) is 5.16. The maximum Gasteiger partial charge on any atom is 0.326 e. The van der Waals surface area contributed by atoms with E-state index in [2.05, 4.69) is 5.32 Å². The lowest BCUT2D eigenvalue weighted by molar-refractivity contribution is -0.139. The van der Waals surface area contributed by atoms with Crippen molar-refractivity contribution in [3.8, 4) is 0 Å². The van der Waals surface area contributed by atoms with Crippen molar-refractivity contribution >= 4 is 17.9 Å². The van der Waals surface area contributed by atoms with Crippen LogP contribution < -0.4 is 11.1 Å². The first-order valence-electron chi connectivity index (χ1n) is 6.37. The van der Waals surface area contributed by atoms with Crippen LogP contribution in [0.15, 0.2) is 0 Å². The molecular formula is C12H23N3O4. The van der Waals surface area contributed by atoms with E-state index in [0.717, 1.165) is 6.42 Å². The lowest BCUT2D eigenvalue weighted by atomic mass is 10.1. The molecule has 0 unspecified atom stereocenters. The molecule has 7 heteroatoms. The standard InChI is InChI=1S/C12H23N3O4/c1-4-5-6-9(11(17)18)14-12(19)15(8(2)3)7-10(13)16/h8-9H,4-7H2,1-3H3,(H2,13,16)(H,14,19)(H,17,18)/t9-/m0/s1. The highest BCUT2D eigenvalue weighted by Gasteiger charge is 2.24. The van der Waals surface area contributed by atoms with Crippen LogP contribution in [-0.4, -0.2) is 46.5 Å². The van der Waals surface area contributed by atoms with E-state index in [-0.39, 0.29) is 12.6 Å². The molecule has 0 spiro atoms. The molecule has 19 heavy (non-hydrogen) atoms. The Morgan fingerprint density at radius 2 is 1.89 bits per heavy atom. The van der Waals surface area contributed by atoms with Crippen molar-refractivity contribution in [1.29, 1.82) is 0 Å². The van der Waals surface area contributed by atoms with Crippen LogP contribution in [0.3, 0.4) is 0 Å². The summed E-state index contributed by atoms with van der Waals surface area (Å²) >= 11 is 0. The number of carboxylic acids is 1. The highest BCUT2D eigenvalue weighted by Crippen LogP contribution is 2.04. The van der Waals surface area contributed by atoms with Gasteiger partial charge in [0.05, 0.1) is 0 Å². The molecule has 0 aromatic carbocycles. The highest BCUT2D eigenvalue weighted by molar-refractivity contribution is 5.86. The van der Waals surface area contributed by atoms with Crippen LogP contribution in [0.25, 0.3) is 0 Å². The van der Waals surface area contributed by atoms with Crippen molar-refractivity contribution in [2.45, 2.75) is 52.1 Å². The number of rotatable bonds is 8. The third-order valence-electron chi connectivity index (χ3n) is 2.65. The third-order valence-corrected chi connectivity index (χ3v) is 2.65. The Morgan fingerprint density at radius 3 is 2.26 bits per heavy atom. The number of primary amides is 1. The van der Waals surface area contributed by atoms with E-state index in [1.54, 1.807) is 13.8 Å². The predicted octanol–water partition coefficient (Wildman–Crippen LogP) is 0.535. The second kappa shape index (κ2) is 8.34. The van der Waals surface area contributed by atoms with Crippen LogP contribution in [0.5, 0.6) is 0 Å². The minimum atomic E-state index is -1.08. The molecule has 0 saturated heterocycles. The van der Waals surface area contributed by atoms with Crippen LogP contribution in [-0.2, 0) is 9.59 Å². The van der Waals surface area contributed by atoms with Gasteiger partial charge in [0.2, 0.25) is 5.91 Å². The molecule has 3 amide bonds. The van der Waals surface area contributed by atoms with Crippen LogP contribution >= 0.6 is 0 Å². The molecule has 110 valence electrons. The molecule has 4 N–H and O–H groups in total. The summed E-state index contributed by atoms with van der Waals surface area (Å²) in [5.74, 6) is -1.71. The largest absolute Gasteiger partial charge is 0.480 e. The number of aliphatic carboxylic acids is 1. The molecule has 0 aliphatic rings. The Kier molecular flexibility index (Phi) is 7.55. The van der Waals surface area contributed by atoms with Gasteiger partial charge in [-0.25, -0.2) is 9.59 Å². The smallest absolute Gasteiger partial charge is 0.326 e. The van der Waals surface area contributed by atoms with Gasteiger partial charge in [0.1, 0.15) is 12.6 Å². The lowest BCUT2D eigenvalue weighted by Gasteiger charge is -2.27. The van der Waals surface area contributed by atoms with Crippen molar-refractivity contribution in [2.24, 2.45) is 5.73 Å². The van der Waals surface area contributed by atoms with Gasteiger partial charge < -0.3 is 21.1 Å². The van der Waals surface area contributed by atoms with E-state index in [1.165, 1.54) is 4.90 Å². The number of urea groups is 1. The molecule has 1 atom stereocenters. The summed E-state index contributed by atoms with van der Waals surface area (Å²) in [7, 11) is 0. The first-order chi connectivity index (χ1) is 8.79. The minimum Gasteiger partial charge on any atom is -0.480 e. The molecule has 0 aliphatic heterocycles. The Balaban J connectivity index is 4.65. The van der Waals surface area contributed by atoms with Crippen molar-refractivity contribution in [1.82, 2.24) is 10.2 Å². The SMILES string of the molecule is CCCC[C@H](NC(=O)N(CC(N)=O)C(C)C)C(=O)O. The molecule has 0 radical (unpaired) electrons. The number of nitrogens with one attached hydrogen (secondary N) is 1. The summed E-state index contributed by atoms with van der Waals surface area (Å²) < 4.78 is 0. The van der Waals surface area contributed by atoms with Gasteiger partial charge in [-0.05, 0) is 20.3 Å². The first-order valence-corrected chi connectivity index (χ1v) is 6.37. The molecule has 7 nitrogen and oxygen atoms in total. The molecule has 0 fully saturated rings. The van der Waals surface area contributed by atoms with Gasteiger partial charge in [-0.2, -0.15) is 0 Å². The fourth-order valence-corrected chi connectivity index (χ4v) is 1.55. The number of carboxylic acid groups (broad SMARTS) is 1. The van der Waals surface area contributed by atoms with E-state index in [4.69, 9.17) is 10.8 Å². The van der Waals surface area contributed by atoms with Gasteiger partial charge in [0, 0.05) is 6.04 Å². The zero-order valence-electron chi connectivity index (χ0n) is 11.7. The van der Waals surface area contributed by atoms with Crippen molar-refractivity contribution < 1.29 is 19.5 Å². The second-order valence-corrected chi connectivity index (χ2v) is 4.67. The fourth-order valence-electron chi connectivity index (χ4n) is 1.55. The quantitative estimate of drug-likeness (QED) is 0.598. The van der Waals surface area contributed by atoms with Crippen molar-refractivity contribution in [3.05, 3.63) is 0 Å². The van der Waals surface area contributed by atoms with E-state index < -0.39 is 23.9 Å². The molecule has 0 bridgehead atoms. The van der Waals surface area contributed by atoms with Crippen LogP contribution in [0.4, 0.5) is 4.79 Å². The minimum absolute atomic E-state index is 0.233. The van der Waals surface area contributed by atoms with Gasteiger partial charge in [-0.3, -0.25) is 4.79 Å². The number of hydrogen-bond donors (Lipinski definition) is 3. The van der Waals surface area contributed by atoms with Crippen LogP contribution in [0.1, 0.15) is 40.0 Å². The number of carbonyl (C=O) groups excluding carboxylic acids is 2. The van der Waals surface area contributed by atoms with Crippen molar-refractivity contribution in [3.63, 3.8) is 0 Å². The molecular weight excluding hydrogens is 250 g/mol. The predicted molar refractivity (Wildman–Crippen MR) is 70.5 cm³/mol. The summed E-state index contributed by atoms with van der Waals surface area (Å²) in [6, 6.07) is -1.77. The Labute approximate surface area is 113 Å². The first kappa shape index (κ1) is 17.2. The topological polar surface area (TPSA) is 113 Å². The number of carbonyl (C=O) groups is 3. The zero-order chi connectivity index (χ0) is 15.0. The molecule has 0 saturated carbocycles. The van der Waals surface area contributed by atoms with E-state index in [1.807, 2.05) is 6.92 Å². The van der Waals surface area contributed by atoms with E-state index in [0.29, 0.717) is 12.8 Å². The second-order valence-electron chi connectivity index (χ2n) is 4.67. The molecule has 0 aliphatic carbocycles.